The summed E-state index contributed by atoms with van der Waals surface area (Å²) in [6, 6.07) is 15.4. The average molecular weight is 278 g/mol. The van der Waals surface area contributed by atoms with E-state index in [-0.39, 0.29) is 11.7 Å². The van der Waals surface area contributed by atoms with Crippen molar-refractivity contribution >= 4 is 16.7 Å². The van der Waals surface area contributed by atoms with Crippen molar-refractivity contribution in [3.05, 3.63) is 64.1 Å². The van der Waals surface area contributed by atoms with Crippen LogP contribution in [0.1, 0.15) is 24.1 Å². The summed E-state index contributed by atoms with van der Waals surface area (Å²) in [7, 11) is 0. The monoisotopic (exact) mass is 278 g/mol. The SMILES string of the molecule is CC(Nc1ccc2[nH]c(=O)[nH]c2c1)c1ccc(C#N)cc1. The highest BCUT2D eigenvalue weighted by molar-refractivity contribution is 5.78. The molecule has 1 heterocycles. The van der Waals surface area contributed by atoms with Crippen molar-refractivity contribution in [2.75, 3.05) is 5.32 Å². The van der Waals surface area contributed by atoms with Gasteiger partial charge in [-0.1, -0.05) is 12.1 Å². The number of imidazole rings is 1. The van der Waals surface area contributed by atoms with Gasteiger partial charge in [-0.25, -0.2) is 4.79 Å². The predicted octanol–water partition coefficient (Wildman–Crippen LogP) is 2.90. The average Bonchev–Trinajstić information content (AvgIpc) is 2.86. The number of fused-ring (bicyclic) bond motifs is 1. The summed E-state index contributed by atoms with van der Waals surface area (Å²) in [5.74, 6) is 0. The molecule has 0 fully saturated rings. The molecular formula is C16H14N4O. The fourth-order valence-electron chi connectivity index (χ4n) is 2.30. The molecule has 1 unspecified atom stereocenters. The minimum Gasteiger partial charge on any atom is -0.378 e. The van der Waals surface area contributed by atoms with Crippen molar-refractivity contribution in [1.29, 1.82) is 5.26 Å². The number of nitriles is 1. The van der Waals surface area contributed by atoms with Gasteiger partial charge in [0.1, 0.15) is 0 Å². The van der Waals surface area contributed by atoms with Crippen molar-refractivity contribution < 1.29 is 0 Å². The Balaban J connectivity index is 1.83. The Morgan fingerprint density at radius 3 is 2.52 bits per heavy atom. The van der Waals surface area contributed by atoms with Crippen LogP contribution in [0.15, 0.2) is 47.3 Å². The van der Waals surface area contributed by atoms with E-state index in [4.69, 9.17) is 5.26 Å². The maximum Gasteiger partial charge on any atom is 0.323 e. The lowest BCUT2D eigenvalue weighted by Gasteiger charge is -2.15. The first-order chi connectivity index (χ1) is 10.2. The number of H-pyrrole nitrogens is 2. The minimum atomic E-state index is -0.206. The van der Waals surface area contributed by atoms with E-state index in [2.05, 4.69) is 21.4 Å². The Kier molecular flexibility index (Phi) is 3.20. The third-order valence-electron chi connectivity index (χ3n) is 3.44. The van der Waals surface area contributed by atoms with Gasteiger partial charge in [0.05, 0.1) is 22.7 Å². The van der Waals surface area contributed by atoms with Crippen LogP contribution in [0, 0.1) is 11.3 Å². The number of aromatic amines is 2. The van der Waals surface area contributed by atoms with Crippen molar-refractivity contribution in [3.8, 4) is 6.07 Å². The largest absolute Gasteiger partial charge is 0.378 e. The van der Waals surface area contributed by atoms with Gasteiger partial charge in [0.25, 0.3) is 0 Å². The molecule has 0 saturated heterocycles. The van der Waals surface area contributed by atoms with Crippen LogP contribution in [-0.4, -0.2) is 9.97 Å². The van der Waals surface area contributed by atoms with Gasteiger partial charge in [0, 0.05) is 11.7 Å². The highest BCUT2D eigenvalue weighted by atomic mass is 16.1. The Morgan fingerprint density at radius 2 is 1.81 bits per heavy atom. The third-order valence-corrected chi connectivity index (χ3v) is 3.44. The molecule has 0 amide bonds. The molecule has 3 N–H and O–H groups in total. The van der Waals surface area contributed by atoms with Gasteiger partial charge in [-0.3, -0.25) is 0 Å². The summed E-state index contributed by atoms with van der Waals surface area (Å²) < 4.78 is 0. The first-order valence-electron chi connectivity index (χ1n) is 6.64. The molecule has 5 nitrogen and oxygen atoms in total. The van der Waals surface area contributed by atoms with Gasteiger partial charge >= 0.3 is 5.69 Å². The Labute approximate surface area is 121 Å². The predicted molar refractivity (Wildman–Crippen MR) is 82.1 cm³/mol. The standard InChI is InChI=1S/C16H14N4O/c1-10(12-4-2-11(9-17)3-5-12)18-13-6-7-14-15(8-13)20-16(21)19-14/h2-8,10,18H,1H3,(H2,19,20,21). The molecule has 0 aliphatic heterocycles. The molecule has 5 heteroatoms. The summed E-state index contributed by atoms with van der Waals surface area (Å²) in [4.78, 5) is 16.7. The minimum absolute atomic E-state index is 0.0980. The van der Waals surface area contributed by atoms with E-state index >= 15 is 0 Å². The molecule has 3 aromatic rings. The van der Waals surface area contributed by atoms with E-state index < -0.39 is 0 Å². The summed E-state index contributed by atoms with van der Waals surface area (Å²) in [6.45, 7) is 2.05. The molecule has 0 spiro atoms. The zero-order valence-corrected chi connectivity index (χ0v) is 11.5. The lowest BCUT2D eigenvalue weighted by atomic mass is 10.1. The maximum absolute atomic E-state index is 11.2. The molecule has 3 rings (SSSR count). The number of hydrogen-bond donors (Lipinski definition) is 3. The Bertz CT molecular complexity index is 868. The van der Waals surface area contributed by atoms with Crippen LogP contribution in [0.3, 0.4) is 0 Å². The van der Waals surface area contributed by atoms with Crippen molar-refractivity contribution in [3.63, 3.8) is 0 Å². The fourth-order valence-corrected chi connectivity index (χ4v) is 2.30. The van der Waals surface area contributed by atoms with Crippen molar-refractivity contribution in [2.45, 2.75) is 13.0 Å². The number of hydrogen-bond acceptors (Lipinski definition) is 3. The number of benzene rings is 2. The molecule has 0 radical (unpaired) electrons. The van der Waals surface area contributed by atoms with Gasteiger partial charge in [-0.05, 0) is 42.8 Å². The molecule has 1 atom stereocenters. The van der Waals surface area contributed by atoms with Gasteiger partial charge in [0.15, 0.2) is 0 Å². The number of rotatable bonds is 3. The van der Waals surface area contributed by atoms with Crippen molar-refractivity contribution in [1.82, 2.24) is 9.97 Å². The molecule has 2 aromatic carbocycles. The smallest absolute Gasteiger partial charge is 0.323 e. The molecule has 21 heavy (non-hydrogen) atoms. The van der Waals surface area contributed by atoms with Crippen LogP contribution in [-0.2, 0) is 0 Å². The zero-order chi connectivity index (χ0) is 14.8. The molecule has 0 aliphatic carbocycles. The first kappa shape index (κ1) is 13.0. The third kappa shape index (κ3) is 2.65. The lowest BCUT2D eigenvalue weighted by Crippen LogP contribution is -2.06. The zero-order valence-electron chi connectivity index (χ0n) is 11.5. The van der Waals surface area contributed by atoms with E-state index in [0.29, 0.717) is 5.56 Å². The van der Waals surface area contributed by atoms with E-state index in [1.54, 1.807) is 12.1 Å². The van der Waals surface area contributed by atoms with E-state index in [1.165, 1.54) is 0 Å². The molecule has 1 aromatic heterocycles. The number of nitrogens with zero attached hydrogens (tertiary/aromatic N) is 1. The van der Waals surface area contributed by atoms with Crippen molar-refractivity contribution in [2.24, 2.45) is 0 Å². The lowest BCUT2D eigenvalue weighted by molar-refractivity contribution is 0.885. The molecular weight excluding hydrogens is 264 g/mol. The second-order valence-corrected chi connectivity index (χ2v) is 4.94. The topological polar surface area (TPSA) is 84.5 Å². The van der Waals surface area contributed by atoms with Gasteiger partial charge in [0.2, 0.25) is 0 Å². The molecule has 0 aliphatic rings. The van der Waals surface area contributed by atoms with Crippen LogP contribution >= 0.6 is 0 Å². The highest BCUT2D eigenvalue weighted by Gasteiger charge is 2.06. The summed E-state index contributed by atoms with van der Waals surface area (Å²) in [6.07, 6.45) is 0. The quantitative estimate of drug-likeness (QED) is 0.688. The van der Waals surface area contributed by atoms with E-state index in [1.807, 2.05) is 37.3 Å². The van der Waals surface area contributed by atoms with E-state index in [0.717, 1.165) is 22.3 Å². The Morgan fingerprint density at radius 1 is 1.10 bits per heavy atom. The van der Waals surface area contributed by atoms with Crippen LogP contribution in [0.2, 0.25) is 0 Å². The second-order valence-electron chi connectivity index (χ2n) is 4.94. The van der Waals surface area contributed by atoms with Crippen LogP contribution in [0.25, 0.3) is 11.0 Å². The summed E-state index contributed by atoms with van der Waals surface area (Å²) in [5.41, 5.74) is 4.03. The number of aromatic nitrogens is 2. The summed E-state index contributed by atoms with van der Waals surface area (Å²) in [5, 5.41) is 12.2. The highest BCUT2D eigenvalue weighted by Crippen LogP contribution is 2.21. The normalized spacial score (nSPS) is 12.0. The molecule has 104 valence electrons. The number of anilines is 1. The first-order valence-corrected chi connectivity index (χ1v) is 6.64. The Hall–Kier alpha value is -3.00. The van der Waals surface area contributed by atoms with Crippen LogP contribution in [0.5, 0.6) is 0 Å². The molecule has 0 bridgehead atoms. The summed E-state index contributed by atoms with van der Waals surface area (Å²) >= 11 is 0. The van der Waals surface area contributed by atoms with E-state index in [9.17, 15) is 4.79 Å². The van der Waals surface area contributed by atoms with Gasteiger partial charge < -0.3 is 15.3 Å². The number of nitrogens with one attached hydrogen (secondary N) is 3. The molecule has 0 saturated carbocycles. The van der Waals surface area contributed by atoms with Gasteiger partial charge in [-0.2, -0.15) is 5.26 Å². The maximum atomic E-state index is 11.2. The van der Waals surface area contributed by atoms with Crippen LogP contribution in [0.4, 0.5) is 5.69 Å². The van der Waals surface area contributed by atoms with Crippen LogP contribution < -0.4 is 11.0 Å². The van der Waals surface area contributed by atoms with Gasteiger partial charge in [-0.15, -0.1) is 0 Å². The second kappa shape index (κ2) is 5.17. The fraction of sp³-hybridized carbons (Fsp3) is 0.125.